The summed E-state index contributed by atoms with van der Waals surface area (Å²) in [4.78, 5) is 97.9. The van der Waals surface area contributed by atoms with E-state index in [1.165, 1.54) is 4.90 Å². The van der Waals surface area contributed by atoms with Gasteiger partial charge < -0.3 is 36.4 Å². The summed E-state index contributed by atoms with van der Waals surface area (Å²) in [6, 6.07) is 4.17. The van der Waals surface area contributed by atoms with E-state index in [1.54, 1.807) is 49.3 Å². The van der Waals surface area contributed by atoms with Crippen molar-refractivity contribution >= 4 is 41.4 Å². The fourth-order valence-electron chi connectivity index (χ4n) is 8.16. The van der Waals surface area contributed by atoms with Crippen molar-refractivity contribution in [3.63, 3.8) is 0 Å². The number of likely N-dealkylation sites (tertiary alicyclic amines) is 1. The molecule has 3 aliphatic rings. The van der Waals surface area contributed by atoms with E-state index in [1.807, 2.05) is 41.5 Å². The van der Waals surface area contributed by atoms with Gasteiger partial charge in [-0.2, -0.15) is 0 Å². The molecular weight excluding hydrogens is 702 g/mol. The van der Waals surface area contributed by atoms with Gasteiger partial charge in [0.15, 0.2) is 0 Å². The van der Waals surface area contributed by atoms with E-state index in [4.69, 9.17) is 0 Å². The molecule has 7 amide bonds. The van der Waals surface area contributed by atoms with Crippen LogP contribution in [0.3, 0.4) is 0 Å². The lowest BCUT2D eigenvalue weighted by molar-refractivity contribution is -0.145. The minimum absolute atomic E-state index is 0.0420. The molecule has 5 N–H and O–H groups in total. The van der Waals surface area contributed by atoms with Gasteiger partial charge in [0.25, 0.3) is 5.91 Å². The second kappa shape index (κ2) is 17.1. The van der Waals surface area contributed by atoms with Crippen LogP contribution in [-0.2, 0) is 28.8 Å². The molecule has 0 radical (unpaired) electrons. The number of hydrogen-bond acceptors (Lipinski definition) is 7. The van der Waals surface area contributed by atoms with Crippen molar-refractivity contribution in [3.05, 3.63) is 35.9 Å². The summed E-state index contributed by atoms with van der Waals surface area (Å²) in [6.45, 7) is 15.2. The predicted molar refractivity (Wildman–Crippen MR) is 208 cm³/mol. The molecule has 304 valence electrons. The van der Waals surface area contributed by atoms with E-state index >= 15 is 0 Å². The van der Waals surface area contributed by atoms with Crippen LogP contribution in [0.15, 0.2) is 30.3 Å². The Morgan fingerprint density at radius 1 is 0.891 bits per heavy atom. The van der Waals surface area contributed by atoms with Crippen LogP contribution in [0.4, 0.5) is 4.79 Å². The minimum atomic E-state index is -1.17. The first-order valence-corrected chi connectivity index (χ1v) is 19.5. The van der Waals surface area contributed by atoms with Gasteiger partial charge in [0.1, 0.15) is 18.1 Å². The van der Waals surface area contributed by atoms with Gasteiger partial charge in [-0.15, -0.1) is 0 Å². The van der Waals surface area contributed by atoms with Crippen molar-refractivity contribution in [1.29, 1.82) is 0 Å². The van der Waals surface area contributed by atoms with Crippen LogP contribution in [0.2, 0.25) is 0 Å². The number of nitrogens with one attached hydrogen (secondary N) is 5. The number of carbonyl (C=O) groups excluding carboxylic acids is 7. The zero-order chi connectivity index (χ0) is 41.0. The number of ketones is 1. The van der Waals surface area contributed by atoms with Gasteiger partial charge >= 0.3 is 6.03 Å². The Labute approximate surface area is 326 Å². The Kier molecular flexibility index (Phi) is 13.5. The summed E-state index contributed by atoms with van der Waals surface area (Å²) in [7, 11) is 3.14. The maximum Gasteiger partial charge on any atom is 0.315 e. The summed E-state index contributed by atoms with van der Waals surface area (Å²) in [5.74, 6) is -3.85. The largest absolute Gasteiger partial charge is 0.347 e. The lowest BCUT2D eigenvalue weighted by Gasteiger charge is -2.38. The highest BCUT2D eigenvalue weighted by Gasteiger charge is 2.56. The number of carbonyl (C=O) groups is 7. The van der Waals surface area contributed by atoms with Gasteiger partial charge in [-0.1, -0.05) is 84.2 Å². The van der Waals surface area contributed by atoms with Crippen LogP contribution in [-0.4, -0.2) is 102 Å². The van der Waals surface area contributed by atoms with Crippen molar-refractivity contribution in [2.75, 3.05) is 27.2 Å². The summed E-state index contributed by atoms with van der Waals surface area (Å²) in [5.41, 5.74) is -0.735. The van der Waals surface area contributed by atoms with E-state index in [0.717, 1.165) is 25.7 Å². The third kappa shape index (κ3) is 11.3. The number of benzene rings is 1. The molecule has 1 aliphatic heterocycles. The first kappa shape index (κ1) is 43.2. The van der Waals surface area contributed by atoms with E-state index in [-0.39, 0.29) is 41.4 Å². The van der Waals surface area contributed by atoms with Crippen LogP contribution in [0.5, 0.6) is 0 Å². The van der Waals surface area contributed by atoms with Crippen molar-refractivity contribution in [1.82, 2.24) is 36.4 Å². The second-order valence-corrected chi connectivity index (χ2v) is 18.9. The lowest BCUT2D eigenvalue weighted by Crippen LogP contribution is -2.62. The number of Topliss-reactive ketones (excluding diaryl/α,β-unsaturated/α-hetero) is 1. The summed E-state index contributed by atoms with van der Waals surface area (Å²) < 4.78 is 0. The Morgan fingerprint density at radius 3 is 2.07 bits per heavy atom. The van der Waals surface area contributed by atoms with Crippen molar-refractivity contribution in [3.8, 4) is 0 Å². The third-order valence-electron chi connectivity index (χ3n) is 11.0. The molecule has 14 nitrogen and oxygen atoms in total. The zero-order valence-electron chi connectivity index (χ0n) is 34.3. The molecule has 0 unspecified atom stereocenters. The average molecular weight is 766 g/mol. The van der Waals surface area contributed by atoms with Gasteiger partial charge in [-0.25, -0.2) is 4.79 Å². The fraction of sp³-hybridized carbons (Fsp3) is 0.683. The molecular formula is C41H63N7O7. The SMILES string of the molecule is CN(C)C(=O)[C@@H](NC(=O)CNC(=O)C(=O)[C@H](CC1CCC1)NC(=O)[C@@H]1[C@H]2CC(C)(C)C[C@H]2CN1C(=O)[C@@H](NC(=O)NC(C)(C)C)C(C)(C)C)c1ccccc1. The predicted octanol–water partition coefficient (Wildman–Crippen LogP) is 3.07. The molecule has 14 heteroatoms. The van der Waals surface area contributed by atoms with Crippen molar-refractivity contribution < 1.29 is 33.6 Å². The minimum Gasteiger partial charge on any atom is -0.347 e. The highest BCUT2D eigenvalue weighted by Crippen LogP contribution is 2.51. The molecule has 6 atom stereocenters. The first-order valence-electron chi connectivity index (χ1n) is 19.5. The number of likely N-dealkylation sites (N-methyl/N-ethyl adjacent to an activating group) is 1. The Balaban J connectivity index is 1.52. The van der Waals surface area contributed by atoms with E-state index < -0.39 is 71.2 Å². The third-order valence-corrected chi connectivity index (χ3v) is 11.0. The Morgan fingerprint density at radius 2 is 1.53 bits per heavy atom. The highest BCUT2D eigenvalue weighted by molar-refractivity contribution is 6.38. The van der Waals surface area contributed by atoms with Crippen molar-refractivity contribution in [2.24, 2.45) is 28.6 Å². The second-order valence-electron chi connectivity index (χ2n) is 18.9. The molecule has 0 aromatic heterocycles. The molecule has 1 aromatic rings. The Bertz CT molecular complexity index is 1610. The number of fused-ring (bicyclic) bond motifs is 1. The van der Waals surface area contributed by atoms with Crippen LogP contribution < -0.4 is 26.6 Å². The van der Waals surface area contributed by atoms with E-state index in [0.29, 0.717) is 18.5 Å². The molecule has 0 bridgehead atoms. The van der Waals surface area contributed by atoms with Gasteiger partial charge in [0, 0.05) is 26.2 Å². The molecule has 4 rings (SSSR count). The topological polar surface area (TPSA) is 186 Å². The van der Waals surface area contributed by atoms with Crippen LogP contribution >= 0.6 is 0 Å². The summed E-state index contributed by atoms with van der Waals surface area (Å²) in [5, 5.41) is 13.7. The monoisotopic (exact) mass is 765 g/mol. The highest BCUT2D eigenvalue weighted by atomic mass is 16.2. The molecule has 3 fully saturated rings. The smallest absolute Gasteiger partial charge is 0.315 e. The van der Waals surface area contributed by atoms with Gasteiger partial charge in [0.2, 0.25) is 29.4 Å². The van der Waals surface area contributed by atoms with Crippen LogP contribution in [0.25, 0.3) is 0 Å². The maximum absolute atomic E-state index is 14.5. The number of urea groups is 1. The van der Waals surface area contributed by atoms with E-state index in [2.05, 4.69) is 40.4 Å². The number of amides is 7. The average Bonchev–Trinajstić information content (AvgIpc) is 3.55. The first-order chi connectivity index (χ1) is 25.5. The molecule has 1 saturated heterocycles. The molecule has 2 saturated carbocycles. The van der Waals surface area contributed by atoms with Gasteiger partial charge in [-0.3, -0.25) is 28.8 Å². The van der Waals surface area contributed by atoms with Crippen molar-refractivity contribution in [2.45, 2.75) is 124 Å². The van der Waals surface area contributed by atoms with Crippen LogP contribution in [0, 0.1) is 28.6 Å². The zero-order valence-corrected chi connectivity index (χ0v) is 34.3. The Hall–Kier alpha value is -4.49. The molecule has 55 heavy (non-hydrogen) atoms. The van der Waals surface area contributed by atoms with E-state index in [9.17, 15) is 33.6 Å². The standard InChI is InChI=1S/C41H63N7O7/c1-39(2,3)33(45-38(55)46-40(4,5)6)37(54)48-23-26-20-41(7,8)21-27(26)31(48)34(51)43-28(19-24-15-14-16-24)32(50)35(52)42-22-29(49)44-30(36(53)47(9)10)25-17-12-11-13-18-25/h11-13,17-18,24,26-28,30-31,33H,14-16,19-23H2,1-10H3,(H,42,52)(H,43,51)(H,44,49)(H2,45,46,55)/t26-,27-,28-,30-,31-,33+/m0/s1. The molecule has 1 aromatic carbocycles. The number of nitrogens with zero attached hydrogens (tertiary/aromatic N) is 2. The fourth-order valence-corrected chi connectivity index (χ4v) is 8.16. The molecule has 1 heterocycles. The summed E-state index contributed by atoms with van der Waals surface area (Å²) in [6.07, 6.45) is 4.43. The lowest BCUT2D eigenvalue weighted by atomic mass is 9.80. The van der Waals surface area contributed by atoms with Crippen LogP contribution in [0.1, 0.15) is 106 Å². The molecule has 0 spiro atoms. The van der Waals surface area contributed by atoms with Gasteiger partial charge in [0.05, 0.1) is 12.6 Å². The number of hydrogen-bond donors (Lipinski definition) is 5. The molecule has 2 aliphatic carbocycles. The summed E-state index contributed by atoms with van der Waals surface area (Å²) >= 11 is 0. The number of rotatable bonds is 13. The quantitative estimate of drug-likeness (QED) is 0.191. The normalized spacial score (nSPS) is 22.2. The maximum atomic E-state index is 14.5. The van der Waals surface area contributed by atoms with Gasteiger partial charge in [-0.05, 0) is 74.2 Å².